The van der Waals surface area contributed by atoms with Crippen LogP contribution in [0.25, 0.3) is 10.9 Å². The maximum atomic E-state index is 13.2. The first-order chi connectivity index (χ1) is 15.9. The minimum atomic E-state index is -0.426. The Labute approximate surface area is 195 Å². The van der Waals surface area contributed by atoms with Crippen molar-refractivity contribution in [1.29, 1.82) is 0 Å². The summed E-state index contributed by atoms with van der Waals surface area (Å²) in [5.41, 5.74) is 3.92. The number of fused-ring (bicyclic) bond motifs is 1. The summed E-state index contributed by atoms with van der Waals surface area (Å²) < 4.78 is 13.2. The van der Waals surface area contributed by atoms with Crippen molar-refractivity contribution < 1.29 is 9.18 Å². The van der Waals surface area contributed by atoms with Crippen LogP contribution >= 0.6 is 11.6 Å². The number of aliphatic imine (C=N–C) groups is 1. The van der Waals surface area contributed by atoms with Crippen molar-refractivity contribution in [1.82, 2.24) is 20.3 Å². The van der Waals surface area contributed by atoms with Crippen molar-refractivity contribution in [3.8, 4) is 0 Å². The van der Waals surface area contributed by atoms with E-state index in [1.807, 2.05) is 44.3 Å². The number of amides is 1. The monoisotopic (exact) mass is 464 g/mol. The van der Waals surface area contributed by atoms with Crippen LogP contribution in [0.4, 0.5) is 10.3 Å². The Morgan fingerprint density at radius 2 is 1.82 bits per heavy atom. The number of carbonyl (C=O) groups is 1. The van der Waals surface area contributed by atoms with Crippen molar-refractivity contribution in [2.75, 3.05) is 11.9 Å². The molecule has 33 heavy (non-hydrogen) atoms. The van der Waals surface area contributed by atoms with E-state index >= 15 is 0 Å². The second-order valence-corrected chi connectivity index (χ2v) is 7.98. The molecule has 0 saturated carbocycles. The second kappa shape index (κ2) is 9.79. The van der Waals surface area contributed by atoms with Crippen molar-refractivity contribution in [3.05, 3.63) is 88.1 Å². The van der Waals surface area contributed by atoms with Gasteiger partial charge in [0.05, 0.1) is 0 Å². The third-order valence-electron chi connectivity index (χ3n) is 4.93. The van der Waals surface area contributed by atoms with E-state index in [2.05, 4.69) is 30.6 Å². The van der Waals surface area contributed by atoms with E-state index in [9.17, 15) is 9.18 Å². The molecule has 2 aromatic heterocycles. The predicted molar refractivity (Wildman–Crippen MR) is 128 cm³/mol. The molecule has 0 bridgehead atoms. The zero-order valence-corrected chi connectivity index (χ0v) is 18.9. The topological polar surface area (TPSA) is 95.1 Å². The molecule has 0 saturated heterocycles. The van der Waals surface area contributed by atoms with Gasteiger partial charge in [0.1, 0.15) is 5.82 Å². The zero-order valence-electron chi connectivity index (χ0n) is 18.1. The molecule has 3 N–H and O–H groups in total. The number of aryl methyl sites for hydroxylation is 2. The van der Waals surface area contributed by atoms with Crippen molar-refractivity contribution in [2.45, 2.75) is 20.3 Å². The van der Waals surface area contributed by atoms with E-state index in [0.717, 1.165) is 27.9 Å². The number of aromatic amines is 1. The van der Waals surface area contributed by atoms with Gasteiger partial charge in [-0.05, 0) is 74.4 Å². The lowest BCUT2D eigenvalue weighted by molar-refractivity contribution is 0.0977. The van der Waals surface area contributed by atoms with Crippen LogP contribution < -0.4 is 10.6 Å². The van der Waals surface area contributed by atoms with Crippen molar-refractivity contribution in [3.63, 3.8) is 0 Å². The molecule has 0 fully saturated rings. The average molecular weight is 465 g/mol. The minimum Gasteiger partial charge on any atom is -0.361 e. The van der Waals surface area contributed by atoms with Gasteiger partial charge in [0, 0.05) is 45.6 Å². The Kier molecular flexibility index (Phi) is 6.65. The molecular formula is C24H22ClFN6O. The summed E-state index contributed by atoms with van der Waals surface area (Å²) in [5.74, 6) is -0.317. The normalized spacial score (nSPS) is 11.6. The van der Waals surface area contributed by atoms with Crippen LogP contribution in [0.15, 0.2) is 59.7 Å². The van der Waals surface area contributed by atoms with Gasteiger partial charge in [-0.1, -0.05) is 11.6 Å². The lowest BCUT2D eigenvalue weighted by atomic mass is 10.1. The lowest BCUT2D eigenvalue weighted by Crippen LogP contribution is -2.37. The molecule has 9 heteroatoms. The maximum Gasteiger partial charge on any atom is 0.257 e. The highest BCUT2D eigenvalue weighted by Gasteiger charge is 2.12. The number of benzene rings is 2. The number of carbonyl (C=O) groups excluding carboxylic acids is 1. The number of hydrogen-bond acceptors (Lipinski definition) is 4. The van der Waals surface area contributed by atoms with Crippen LogP contribution in [0.1, 0.15) is 27.3 Å². The highest BCUT2D eigenvalue weighted by atomic mass is 35.5. The Bertz CT molecular complexity index is 1310. The first-order valence-electron chi connectivity index (χ1n) is 10.3. The molecule has 0 aliphatic heterocycles. The van der Waals surface area contributed by atoms with Crippen molar-refractivity contribution in [2.24, 2.45) is 4.99 Å². The molecule has 2 aromatic carbocycles. The lowest BCUT2D eigenvalue weighted by Gasteiger charge is -2.11. The van der Waals surface area contributed by atoms with E-state index in [1.165, 1.54) is 24.3 Å². The molecule has 1 amide bonds. The Balaban J connectivity index is 1.55. The van der Waals surface area contributed by atoms with E-state index in [0.29, 0.717) is 29.5 Å². The van der Waals surface area contributed by atoms with Gasteiger partial charge in [0.25, 0.3) is 5.91 Å². The molecule has 0 aliphatic rings. The third-order valence-corrected chi connectivity index (χ3v) is 5.17. The smallest absolute Gasteiger partial charge is 0.257 e. The Morgan fingerprint density at radius 1 is 1.09 bits per heavy atom. The van der Waals surface area contributed by atoms with Gasteiger partial charge in [-0.25, -0.2) is 14.4 Å². The number of guanidine groups is 1. The highest BCUT2D eigenvalue weighted by molar-refractivity contribution is 6.31. The first-order valence-corrected chi connectivity index (χ1v) is 10.7. The summed E-state index contributed by atoms with van der Waals surface area (Å²) >= 11 is 6.14. The second-order valence-electron chi connectivity index (χ2n) is 7.54. The molecule has 0 unspecified atom stereocenters. The number of rotatable bonds is 5. The summed E-state index contributed by atoms with van der Waals surface area (Å²) in [4.78, 5) is 29.1. The molecule has 168 valence electrons. The quantitative estimate of drug-likeness (QED) is 0.292. The van der Waals surface area contributed by atoms with Gasteiger partial charge in [0.15, 0.2) is 0 Å². The summed E-state index contributed by atoms with van der Waals surface area (Å²) in [7, 11) is 0. The Morgan fingerprint density at radius 3 is 2.55 bits per heavy atom. The van der Waals surface area contributed by atoms with Gasteiger partial charge < -0.3 is 4.98 Å². The summed E-state index contributed by atoms with van der Waals surface area (Å²) in [5, 5.41) is 7.41. The standard InChI is InChI=1S/C24H22ClFN6O/c1-14-11-15(2)30-24(29-14)32-23(31-22(33)16-3-6-19(26)7-4-16)27-10-9-17-13-28-21-8-5-18(25)12-20(17)21/h3-8,11-13,28H,9-10H2,1-2H3,(H2,27,29,30,31,32,33). The molecule has 0 radical (unpaired) electrons. The van der Waals surface area contributed by atoms with Crippen LogP contribution in [0.5, 0.6) is 0 Å². The Hall–Kier alpha value is -3.78. The van der Waals surface area contributed by atoms with Crippen LogP contribution in [-0.2, 0) is 6.42 Å². The van der Waals surface area contributed by atoms with Gasteiger partial charge in [-0.2, -0.15) is 0 Å². The van der Waals surface area contributed by atoms with Crippen LogP contribution in [0.3, 0.4) is 0 Å². The zero-order chi connectivity index (χ0) is 23.4. The van der Waals surface area contributed by atoms with E-state index in [4.69, 9.17) is 11.6 Å². The summed E-state index contributed by atoms with van der Waals surface area (Å²) in [6.45, 7) is 4.10. The molecular weight excluding hydrogens is 443 g/mol. The van der Waals surface area contributed by atoms with E-state index in [-0.39, 0.29) is 5.96 Å². The molecule has 0 spiro atoms. The fourth-order valence-electron chi connectivity index (χ4n) is 3.42. The van der Waals surface area contributed by atoms with Gasteiger partial charge >= 0.3 is 0 Å². The van der Waals surface area contributed by atoms with Gasteiger partial charge in [0.2, 0.25) is 11.9 Å². The predicted octanol–water partition coefficient (Wildman–Crippen LogP) is 4.81. The molecule has 0 atom stereocenters. The van der Waals surface area contributed by atoms with Gasteiger partial charge in [-0.3, -0.25) is 20.4 Å². The van der Waals surface area contributed by atoms with E-state index in [1.54, 1.807) is 0 Å². The van der Waals surface area contributed by atoms with Crippen LogP contribution in [0.2, 0.25) is 5.02 Å². The molecule has 2 heterocycles. The number of nitrogens with one attached hydrogen (secondary N) is 3. The number of aromatic nitrogens is 3. The highest BCUT2D eigenvalue weighted by Crippen LogP contribution is 2.22. The number of nitrogens with zero attached hydrogens (tertiary/aromatic N) is 3. The SMILES string of the molecule is Cc1cc(C)nc(NC(=NCCc2c[nH]c3ccc(Cl)cc23)NC(=O)c2ccc(F)cc2)n1. The number of H-pyrrole nitrogens is 1. The first kappa shape index (κ1) is 22.4. The van der Waals surface area contributed by atoms with Crippen LogP contribution in [0, 0.1) is 19.7 Å². The average Bonchev–Trinajstić information content (AvgIpc) is 3.15. The third kappa shape index (κ3) is 5.72. The molecule has 7 nitrogen and oxygen atoms in total. The maximum absolute atomic E-state index is 13.2. The molecule has 4 rings (SSSR count). The number of anilines is 1. The number of hydrogen-bond donors (Lipinski definition) is 3. The fraction of sp³-hybridized carbons (Fsp3) is 0.167. The van der Waals surface area contributed by atoms with Crippen LogP contribution in [-0.4, -0.2) is 33.4 Å². The largest absolute Gasteiger partial charge is 0.361 e. The fourth-order valence-corrected chi connectivity index (χ4v) is 3.60. The van der Waals surface area contributed by atoms with Crippen molar-refractivity contribution >= 4 is 40.3 Å². The molecule has 0 aliphatic carbocycles. The summed E-state index contributed by atoms with van der Waals surface area (Å²) in [6, 6.07) is 12.8. The number of halogens is 2. The minimum absolute atomic E-state index is 0.201. The van der Waals surface area contributed by atoms with Gasteiger partial charge in [-0.15, -0.1) is 0 Å². The molecule has 4 aromatic rings. The summed E-state index contributed by atoms with van der Waals surface area (Å²) in [6.07, 6.45) is 2.54. The van der Waals surface area contributed by atoms with E-state index < -0.39 is 11.7 Å².